The van der Waals surface area contributed by atoms with Crippen LogP contribution in [0.1, 0.15) is 48.0 Å². The van der Waals surface area contributed by atoms with E-state index in [1.807, 2.05) is 13.8 Å². The molecule has 0 aliphatic carbocycles. The van der Waals surface area contributed by atoms with Crippen molar-refractivity contribution in [3.05, 3.63) is 29.3 Å². The molecule has 22 heavy (non-hydrogen) atoms. The summed E-state index contributed by atoms with van der Waals surface area (Å²) in [5.41, 5.74) is -0.148. The number of hydrogen-bond donors (Lipinski definition) is 2. The quantitative estimate of drug-likeness (QED) is 0.778. The molecule has 0 aliphatic rings. The molecule has 0 saturated heterocycles. The van der Waals surface area contributed by atoms with Gasteiger partial charge >= 0.3 is 6.03 Å². The summed E-state index contributed by atoms with van der Waals surface area (Å²) in [6.07, 6.45) is 0.437. The summed E-state index contributed by atoms with van der Waals surface area (Å²) in [6.45, 7) is 12.3. The zero-order chi connectivity index (χ0) is 17.0. The highest BCUT2D eigenvalue weighted by Crippen LogP contribution is 2.26. The van der Waals surface area contributed by atoms with Gasteiger partial charge in [0.1, 0.15) is 5.75 Å². The number of carbonyl (C=O) groups excluding carboxylic acids is 1. The van der Waals surface area contributed by atoms with Gasteiger partial charge in [0.05, 0.1) is 0 Å². The minimum Gasteiger partial charge on any atom is -0.471 e. The third-order valence-electron chi connectivity index (χ3n) is 2.89. The van der Waals surface area contributed by atoms with E-state index in [1.54, 1.807) is 31.2 Å². The highest BCUT2D eigenvalue weighted by atomic mass is 35.5. The predicted molar refractivity (Wildman–Crippen MR) is 91.4 cm³/mol. The second-order valence-electron chi connectivity index (χ2n) is 7.43. The van der Waals surface area contributed by atoms with E-state index in [2.05, 4.69) is 31.4 Å². The predicted octanol–water partition coefficient (Wildman–Crippen LogP) is 4.58. The summed E-state index contributed by atoms with van der Waals surface area (Å²) in [5, 5.41) is 6.41. The number of nitrogens with one attached hydrogen (secondary N) is 2. The lowest BCUT2D eigenvalue weighted by Crippen LogP contribution is -2.52. The molecule has 0 heterocycles. The zero-order valence-corrected chi connectivity index (χ0v) is 15.0. The molecule has 0 aliphatic heterocycles. The molecule has 0 fully saturated rings. The number of benzene rings is 1. The van der Waals surface area contributed by atoms with Crippen LogP contribution in [-0.4, -0.2) is 17.8 Å². The van der Waals surface area contributed by atoms with Crippen LogP contribution in [0, 0.1) is 5.41 Å². The smallest absolute Gasteiger partial charge is 0.318 e. The van der Waals surface area contributed by atoms with Gasteiger partial charge in [0.2, 0.25) is 0 Å². The third kappa shape index (κ3) is 7.55. The molecule has 0 spiro atoms. The monoisotopic (exact) mass is 326 g/mol. The van der Waals surface area contributed by atoms with Crippen molar-refractivity contribution < 1.29 is 9.53 Å². The van der Waals surface area contributed by atoms with Gasteiger partial charge in [-0.2, -0.15) is 0 Å². The molecule has 0 aromatic heterocycles. The van der Waals surface area contributed by atoms with Crippen molar-refractivity contribution in [2.75, 3.05) is 0 Å². The summed E-state index contributed by atoms with van der Waals surface area (Å²) < 4.78 is 5.62. The molecular weight excluding hydrogens is 300 g/mol. The number of rotatable bonds is 5. The Morgan fingerprint density at radius 3 is 2.23 bits per heavy atom. The largest absolute Gasteiger partial charge is 0.471 e. The van der Waals surface area contributed by atoms with Crippen molar-refractivity contribution in [1.82, 2.24) is 10.6 Å². The van der Waals surface area contributed by atoms with Crippen molar-refractivity contribution in [2.45, 2.75) is 59.7 Å². The molecule has 0 bridgehead atoms. The molecule has 1 aromatic rings. The van der Waals surface area contributed by atoms with Crippen LogP contribution in [0.4, 0.5) is 4.79 Å². The minimum absolute atomic E-state index is 0.141. The molecule has 0 radical (unpaired) electrons. The zero-order valence-electron chi connectivity index (χ0n) is 14.3. The molecule has 1 atom stereocenters. The van der Waals surface area contributed by atoms with E-state index in [9.17, 15) is 4.79 Å². The Labute approximate surface area is 138 Å². The number of urea groups is 1. The van der Waals surface area contributed by atoms with Crippen molar-refractivity contribution >= 4 is 17.6 Å². The Hall–Kier alpha value is -1.42. The maximum Gasteiger partial charge on any atom is 0.318 e. The molecule has 2 amide bonds. The first-order valence-electron chi connectivity index (χ1n) is 7.48. The molecule has 1 aromatic carbocycles. The summed E-state index contributed by atoms with van der Waals surface area (Å²) in [7, 11) is 0. The van der Waals surface area contributed by atoms with E-state index in [4.69, 9.17) is 16.3 Å². The van der Waals surface area contributed by atoms with Crippen LogP contribution < -0.4 is 15.4 Å². The van der Waals surface area contributed by atoms with Gasteiger partial charge in [-0.3, -0.25) is 0 Å². The van der Waals surface area contributed by atoms with E-state index in [0.29, 0.717) is 10.8 Å². The fourth-order valence-electron chi connectivity index (χ4n) is 2.64. The standard InChI is InChI=1S/C17H27ClN2O2/c1-12(22-14-9-7-13(18)8-10-14)19-15(21)20-17(5,6)11-16(2,3)4/h7-10,12H,11H2,1-6H3,(H2,19,20,21). The molecule has 0 saturated carbocycles. The molecule has 1 rings (SSSR count). The van der Waals surface area contributed by atoms with Gasteiger partial charge in [-0.25, -0.2) is 4.79 Å². The third-order valence-corrected chi connectivity index (χ3v) is 3.14. The fourth-order valence-corrected chi connectivity index (χ4v) is 2.77. The van der Waals surface area contributed by atoms with Crippen LogP contribution in [0.2, 0.25) is 5.02 Å². The van der Waals surface area contributed by atoms with Gasteiger partial charge in [0, 0.05) is 10.6 Å². The number of amides is 2. The van der Waals surface area contributed by atoms with Crippen LogP contribution in [0.25, 0.3) is 0 Å². The Balaban J connectivity index is 2.48. The Kier molecular flexibility index (Phi) is 6.12. The van der Waals surface area contributed by atoms with Crippen molar-refractivity contribution in [3.8, 4) is 5.75 Å². The highest BCUT2D eigenvalue weighted by molar-refractivity contribution is 6.30. The molecule has 2 N–H and O–H groups in total. The van der Waals surface area contributed by atoms with E-state index in [-0.39, 0.29) is 17.0 Å². The lowest BCUT2D eigenvalue weighted by atomic mass is 9.82. The number of ether oxygens (including phenoxy) is 1. The van der Waals surface area contributed by atoms with Gasteiger partial charge in [-0.05, 0) is 56.9 Å². The number of hydrogen-bond acceptors (Lipinski definition) is 2. The second-order valence-corrected chi connectivity index (χ2v) is 7.87. The topological polar surface area (TPSA) is 50.4 Å². The molecular formula is C17H27ClN2O2. The summed E-state index contributed by atoms with van der Waals surface area (Å²) in [6, 6.07) is 6.78. The first-order valence-corrected chi connectivity index (χ1v) is 7.86. The fraction of sp³-hybridized carbons (Fsp3) is 0.588. The minimum atomic E-state index is -0.438. The van der Waals surface area contributed by atoms with Crippen molar-refractivity contribution in [2.24, 2.45) is 5.41 Å². The first-order chi connectivity index (χ1) is 9.97. The lowest BCUT2D eigenvalue weighted by molar-refractivity contribution is 0.166. The van der Waals surface area contributed by atoms with Gasteiger partial charge in [0.15, 0.2) is 6.23 Å². The van der Waals surface area contributed by atoms with Gasteiger partial charge < -0.3 is 15.4 Å². The number of halogens is 1. The van der Waals surface area contributed by atoms with Crippen LogP contribution in [0.15, 0.2) is 24.3 Å². The summed E-state index contributed by atoms with van der Waals surface area (Å²) >= 11 is 5.82. The second kappa shape index (κ2) is 7.23. The van der Waals surface area contributed by atoms with E-state index in [1.165, 1.54) is 0 Å². The molecule has 4 nitrogen and oxygen atoms in total. The Morgan fingerprint density at radius 2 is 1.73 bits per heavy atom. The number of carbonyl (C=O) groups is 1. The van der Waals surface area contributed by atoms with E-state index < -0.39 is 6.23 Å². The van der Waals surface area contributed by atoms with Crippen LogP contribution in [0.5, 0.6) is 5.75 Å². The summed E-state index contributed by atoms with van der Waals surface area (Å²) in [5.74, 6) is 0.658. The first kappa shape index (κ1) is 18.6. The SMILES string of the molecule is CC(NC(=O)NC(C)(C)CC(C)(C)C)Oc1ccc(Cl)cc1. The maximum absolute atomic E-state index is 12.1. The van der Waals surface area contributed by atoms with E-state index in [0.717, 1.165) is 6.42 Å². The van der Waals surface area contributed by atoms with E-state index >= 15 is 0 Å². The Morgan fingerprint density at radius 1 is 1.18 bits per heavy atom. The highest BCUT2D eigenvalue weighted by Gasteiger charge is 2.27. The van der Waals surface area contributed by atoms with Crippen LogP contribution >= 0.6 is 11.6 Å². The van der Waals surface area contributed by atoms with Gasteiger partial charge in [-0.15, -0.1) is 0 Å². The van der Waals surface area contributed by atoms with Crippen molar-refractivity contribution in [1.29, 1.82) is 0 Å². The maximum atomic E-state index is 12.1. The molecule has 5 heteroatoms. The lowest BCUT2D eigenvalue weighted by Gasteiger charge is -2.33. The molecule has 1 unspecified atom stereocenters. The van der Waals surface area contributed by atoms with Gasteiger partial charge in [-0.1, -0.05) is 32.4 Å². The van der Waals surface area contributed by atoms with Crippen LogP contribution in [-0.2, 0) is 0 Å². The van der Waals surface area contributed by atoms with Gasteiger partial charge in [0.25, 0.3) is 0 Å². The average Bonchev–Trinajstić information content (AvgIpc) is 2.27. The average molecular weight is 327 g/mol. The Bertz CT molecular complexity index is 492. The summed E-state index contributed by atoms with van der Waals surface area (Å²) in [4.78, 5) is 12.1. The molecule has 124 valence electrons. The van der Waals surface area contributed by atoms with Crippen molar-refractivity contribution in [3.63, 3.8) is 0 Å². The van der Waals surface area contributed by atoms with Crippen LogP contribution in [0.3, 0.4) is 0 Å². The normalized spacial score (nSPS) is 13.4.